The molecule has 0 radical (unpaired) electrons. The highest BCUT2D eigenvalue weighted by Gasteiger charge is 2.40. The van der Waals surface area contributed by atoms with Gasteiger partial charge in [-0.05, 0) is 57.7 Å². The van der Waals surface area contributed by atoms with Crippen LogP contribution in [0, 0.1) is 5.92 Å². The van der Waals surface area contributed by atoms with Crippen LogP contribution in [0.5, 0.6) is 0 Å². The fourth-order valence-electron chi connectivity index (χ4n) is 4.16. The van der Waals surface area contributed by atoms with Gasteiger partial charge in [0.25, 0.3) is 0 Å². The summed E-state index contributed by atoms with van der Waals surface area (Å²) >= 11 is 12.6. The van der Waals surface area contributed by atoms with E-state index in [4.69, 9.17) is 23.2 Å². The number of amides is 1. The molecule has 0 aliphatic heterocycles. The fourth-order valence-corrected chi connectivity index (χ4v) is 4.73. The number of nitrogens with zero attached hydrogens (tertiary/aromatic N) is 1. The number of halogens is 2. The van der Waals surface area contributed by atoms with Gasteiger partial charge in [0.1, 0.15) is 0 Å². The molecule has 3 nitrogen and oxygen atoms in total. The van der Waals surface area contributed by atoms with Gasteiger partial charge in [-0.25, -0.2) is 0 Å². The number of carbonyl (C=O) groups excluding carboxylic acids is 1. The van der Waals surface area contributed by atoms with Gasteiger partial charge in [-0.3, -0.25) is 4.79 Å². The molecule has 3 rings (SSSR count). The van der Waals surface area contributed by atoms with Crippen LogP contribution in [0.4, 0.5) is 5.69 Å². The van der Waals surface area contributed by atoms with Crippen molar-refractivity contribution in [1.29, 1.82) is 0 Å². The minimum Gasteiger partial charge on any atom is -0.315 e. The molecule has 1 aromatic carbocycles. The third-order valence-corrected chi connectivity index (χ3v) is 6.63. The van der Waals surface area contributed by atoms with Gasteiger partial charge < -0.3 is 10.2 Å². The van der Waals surface area contributed by atoms with E-state index in [1.165, 1.54) is 0 Å². The molecule has 1 N–H and O–H groups in total. The van der Waals surface area contributed by atoms with Crippen molar-refractivity contribution in [3.8, 4) is 0 Å². The number of carbonyl (C=O) groups is 1. The molecule has 2 saturated carbocycles. The van der Waals surface area contributed by atoms with E-state index in [-0.39, 0.29) is 28.6 Å². The molecule has 132 valence electrons. The number of benzene rings is 1. The molecule has 2 fully saturated rings. The van der Waals surface area contributed by atoms with Crippen molar-refractivity contribution in [1.82, 2.24) is 5.32 Å². The topological polar surface area (TPSA) is 32.3 Å². The van der Waals surface area contributed by atoms with Crippen LogP contribution in [-0.2, 0) is 4.79 Å². The molecule has 0 spiro atoms. The summed E-state index contributed by atoms with van der Waals surface area (Å²) in [7, 11) is 1.99. The lowest BCUT2D eigenvalue weighted by Crippen LogP contribution is -2.51. The summed E-state index contributed by atoms with van der Waals surface area (Å²) in [5, 5.41) is 3.27. The average Bonchev–Trinajstić information content (AvgIpc) is 3.06. The average molecular weight is 369 g/mol. The van der Waals surface area contributed by atoms with E-state index in [2.05, 4.69) is 5.32 Å². The second-order valence-electron chi connectivity index (χ2n) is 6.98. The quantitative estimate of drug-likeness (QED) is 0.808. The maximum atomic E-state index is 13.4. The summed E-state index contributed by atoms with van der Waals surface area (Å²) in [6, 6.07) is 10.6. The van der Waals surface area contributed by atoms with Crippen LogP contribution < -0.4 is 10.2 Å². The Morgan fingerprint density at radius 3 is 2.50 bits per heavy atom. The van der Waals surface area contributed by atoms with Crippen LogP contribution >= 0.6 is 23.2 Å². The van der Waals surface area contributed by atoms with Crippen molar-refractivity contribution in [3.05, 3.63) is 30.3 Å². The number of para-hydroxylation sites is 1. The maximum Gasteiger partial charge on any atom is 0.230 e. The summed E-state index contributed by atoms with van der Waals surface area (Å²) in [6.07, 6.45) is 5.63. The summed E-state index contributed by atoms with van der Waals surface area (Å²) in [6.45, 7) is 0. The highest BCUT2D eigenvalue weighted by Crippen LogP contribution is 2.36. The number of hydrogen-bond donors (Lipinski definition) is 1. The van der Waals surface area contributed by atoms with E-state index >= 15 is 0 Å². The standard InChI is InChI=1S/C19H26Cl2N2O/c1-22-17-8-5-9-18(17)23(14-6-3-2-4-7-14)19(24)13-10-11-15(20)16(21)12-13/h2-4,6-7,13,15-18,22H,5,8-12H2,1H3. The summed E-state index contributed by atoms with van der Waals surface area (Å²) in [4.78, 5) is 15.4. The van der Waals surface area contributed by atoms with Gasteiger partial charge in [-0.15, -0.1) is 23.2 Å². The maximum absolute atomic E-state index is 13.4. The van der Waals surface area contributed by atoms with Crippen molar-refractivity contribution in [2.24, 2.45) is 5.92 Å². The van der Waals surface area contributed by atoms with E-state index in [0.717, 1.165) is 37.8 Å². The second-order valence-corrected chi connectivity index (χ2v) is 8.10. The zero-order chi connectivity index (χ0) is 17.1. The number of likely N-dealkylation sites (N-methyl/N-ethyl adjacent to an activating group) is 1. The summed E-state index contributed by atoms with van der Waals surface area (Å²) < 4.78 is 0. The lowest BCUT2D eigenvalue weighted by molar-refractivity contribution is -0.123. The molecule has 0 bridgehead atoms. The monoisotopic (exact) mass is 368 g/mol. The normalized spacial score (nSPS) is 33.4. The van der Waals surface area contributed by atoms with Crippen LogP contribution in [-0.4, -0.2) is 35.8 Å². The Morgan fingerprint density at radius 1 is 1.08 bits per heavy atom. The lowest BCUT2D eigenvalue weighted by Gasteiger charge is -2.38. The molecule has 1 aromatic rings. The molecule has 5 heteroatoms. The third-order valence-electron chi connectivity index (χ3n) is 5.50. The molecular weight excluding hydrogens is 343 g/mol. The van der Waals surface area contributed by atoms with E-state index in [9.17, 15) is 4.79 Å². The lowest BCUT2D eigenvalue weighted by atomic mass is 9.86. The van der Waals surface area contributed by atoms with Crippen LogP contribution in [0.2, 0.25) is 0 Å². The van der Waals surface area contributed by atoms with E-state index < -0.39 is 0 Å². The van der Waals surface area contributed by atoms with Crippen LogP contribution in [0.25, 0.3) is 0 Å². The van der Waals surface area contributed by atoms with Gasteiger partial charge in [0.2, 0.25) is 5.91 Å². The Balaban J connectivity index is 1.86. The number of hydrogen-bond acceptors (Lipinski definition) is 2. The third kappa shape index (κ3) is 3.74. The Labute approximate surface area is 154 Å². The fraction of sp³-hybridized carbons (Fsp3) is 0.632. The number of nitrogens with one attached hydrogen (secondary N) is 1. The molecular formula is C19H26Cl2N2O. The number of anilines is 1. The molecule has 2 aliphatic rings. The Hall–Kier alpha value is -0.770. The summed E-state index contributed by atoms with van der Waals surface area (Å²) in [5.41, 5.74) is 0.994. The van der Waals surface area contributed by atoms with E-state index in [1.54, 1.807) is 0 Å². The van der Waals surface area contributed by atoms with Crippen molar-refractivity contribution >= 4 is 34.8 Å². The first-order chi connectivity index (χ1) is 11.6. The predicted molar refractivity (Wildman–Crippen MR) is 101 cm³/mol. The minimum absolute atomic E-state index is 0.0163. The van der Waals surface area contributed by atoms with Crippen molar-refractivity contribution in [3.63, 3.8) is 0 Å². The molecule has 0 aromatic heterocycles. The molecule has 0 saturated heterocycles. The predicted octanol–water partition coefficient (Wildman–Crippen LogP) is 4.18. The van der Waals surface area contributed by atoms with Gasteiger partial charge in [0, 0.05) is 23.0 Å². The van der Waals surface area contributed by atoms with Crippen molar-refractivity contribution in [2.75, 3.05) is 11.9 Å². The van der Waals surface area contributed by atoms with Gasteiger partial charge >= 0.3 is 0 Å². The Bertz CT molecular complexity index is 554. The second kappa shape index (κ2) is 8.07. The molecule has 5 atom stereocenters. The van der Waals surface area contributed by atoms with Gasteiger partial charge in [0.05, 0.1) is 11.4 Å². The van der Waals surface area contributed by atoms with E-state index in [1.807, 2.05) is 42.3 Å². The molecule has 5 unspecified atom stereocenters. The van der Waals surface area contributed by atoms with Crippen molar-refractivity contribution in [2.45, 2.75) is 61.4 Å². The molecule has 0 heterocycles. The number of rotatable bonds is 4. The number of alkyl halides is 2. The zero-order valence-corrected chi connectivity index (χ0v) is 15.6. The summed E-state index contributed by atoms with van der Waals surface area (Å²) in [5.74, 6) is 0.184. The van der Waals surface area contributed by atoms with Crippen LogP contribution in [0.1, 0.15) is 38.5 Å². The van der Waals surface area contributed by atoms with Gasteiger partial charge in [-0.1, -0.05) is 18.2 Å². The highest BCUT2D eigenvalue weighted by atomic mass is 35.5. The Morgan fingerprint density at radius 2 is 1.83 bits per heavy atom. The van der Waals surface area contributed by atoms with Gasteiger partial charge in [-0.2, -0.15) is 0 Å². The first-order valence-electron chi connectivity index (χ1n) is 8.95. The molecule has 2 aliphatic carbocycles. The molecule has 1 amide bonds. The first kappa shape index (κ1) is 18.0. The SMILES string of the molecule is CNC1CCCC1N(C(=O)C1CCC(Cl)C(Cl)C1)c1ccccc1. The van der Waals surface area contributed by atoms with Gasteiger partial charge in [0.15, 0.2) is 0 Å². The Kier molecular flexibility index (Phi) is 6.07. The smallest absolute Gasteiger partial charge is 0.230 e. The highest BCUT2D eigenvalue weighted by molar-refractivity contribution is 6.30. The largest absolute Gasteiger partial charge is 0.315 e. The van der Waals surface area contributed by atoms with Crippen LogP contribution in [0.15, 0.2) is 30.3 Å². The molecule has 24 heavy (non-hydrogen) atoms. The van der Waals surface area contributed by atoms with Crippen molar-refractivity contribution < 1.29 is 4.79 Å². The zero-order valence-electron chi connectivity index (χ0n) is 14.1. The van der Waals surface area contributed by atoms with E-state index in [0.29, 0.717) is 12.5 Å². The minimum atomic E-state index is -0.115. The first-order valence-corrected chi connectivity index (χ1v) is 9.82. The van der Waals surface area contributed by atoms with Crippen LogP contribution in [0.3, 0.4) is 0 Å².